The van der Waals surface area contributed by atoms with Gasteiger partial charge in [-0.25, -0.2) is 0 Å². The Morgan fingerprint density at radius 2 is 1.72 bits per heavy atom. The molecule has 3 unspecified atom stereocenters. The summed E-state index contributed by atoms with van der Waals surface area (Å²) in [5.41, 5.74) is 5.47. The van der Waals surface area contributed by atoms with Gasteiger partial charge in [-0.2, -0.15) is 0 Å². The quantitative estimate of drug-likeness (QED) is 0.293. The molecule has 2 N–H and O–H groups in total. The highest BCUT2D eigenvalue weighted by molar-refractivity contribution is 5.97. The third-order valence-corrected chi connectivity index (χ3v) is 10.3. The molecule has 43 heavy (non-hydrogen) atoms. The van der Waals surface area contributed by atoms with Crippen LogP contribution in [0.5, 0.6) is 5.75 Å². The number of benzene rings is 3. The second-order valence-electron chi connectivity index (χ2n) is 13.0. The Labute approximate surface area is 254 Å². The number of ketones is 1. The number of carbonyl (C=O) groups is 3. The van der Waals surface area contributed by atoms with Crippen LogP contribution in [0, 0.1) is 18.8 Å². The maximum atomic E-state index is 13.4. The summed E-state index contributed by atoms with van der Waals surface area (Å²) in [6.07, 6.45) is 6.83. The van der Waals surface area contributed by atoms with Gasteiger partial charge in [-0.3, -0.25) is 14.4 Å². The Balaban J connectivity index is 1.16. The Hall–Kier alpha value is -3.77. The van der Waals surface area contributed by atoms with Gasteiger partial charge in [0, 0.05) is 48.5 Å². The predicted octanol–water partition coefficient (Wildman–Crippen LogP) is 6.26. The topological polar surface area (TPSA) is 86.7 Å². The molecule has 224 valence electrons. The molecule has 0 bridgehead atoms. The van der Waals surface area contributed by atoms with Crippen molar-refractivity contribution in [1.29, 1.82) is 0 Å². The zero-order valence-electron chi connectivity index (χ0n) is 25.3. The van der Waals surface area contributed by atoms with E-state index in [4.69, 9.17) is 0 Å². The van der Waals surface area contributed by atoms with Crippen LogP contribution in [0.15, 0.2) is 60.7 Å². The van der Waals surface area contributed by atoms with Crippen LogP contribution in [0.1, 0.15) is 82.9 Å². The van der Waals surface area contributed by atoms with E-state index in [2.05, 4.69) is 17.1 Å². The smallest absolute Gasteiger partial charge is 0.255 e. The van der Waals surface area contributed by atoms with E-state index in [0.29, 0.717) is 37.4 Å². The molecule has 2 saturated carbocycles. The first kappa shape index (κ1) is 29.3. The molecule has 1 heterocycles. The summed E-state index contributed by atoms with van der Waals surface area (Å²) in [6.45, 7) is 6.79. The van der Waals surface area contributed by atoms with Crippen molar-refractivity contribution in [3.05, 3.63) is 88.5 Å². The average molecular weight is 579 g/mol. The highest BCUT2D eigenvalue weighted by Crippen LogP contribution is 2.54. The van der Waals surface area contributed by atoms with Gasteiger partial charge in [-0.15, -0.1) is 0 Å². The summed E-state index contributed by atoms with van der Waals surface area (Å²) in [4.78, 5) is 39.8. The van der Waals surface area contributed by atoms with Crippen molar-refractivity contribution in [3.63, 3.8) is 0 Å². The molecular weight excluding hydrogens is 536 g/mol. The first-order chi connectivity index (χ1) is 20.8. The lowest BCUT2D eigenvalue weighted by Gasteiger charge is -2.55. The number of aromatic hydroxyl groups is 1. The molecule has 3 atom stereocenters. The van der Waals surface area contributed by atoms with Crippen LogP contribution in [0.2, 0.25) is 0 Å². The molecule has 3 fully saturated rings. The minimum atomic E-state index is -0.436. The Morgan fingerprint density at radius 3 is 2.40 bits per heavy atom. The molecule has 1 saturated heterocycles. The van der Waals surface area contributed by atoms with E-state index in [1.54, 1.807) is 6.07 Å². The number of phenolic OH excluding ortho intramolecular Hbond substituents is 1. The van der Waals surface area contributed by atoms with Gasteiger partial charge in [0.1, 0.15) is 17.8 Å². The lowest BCUT2D eigenvalue weighted by Crippen LogP contribution is -2.58. The number of hydrogen-bond donors (Lipinski definition) is 2. The molecule has 2 aliphatic carbocycles. The maximum absolute atomic E-state index is 13.4. The maximum Gasteiger partial charge on any atom is 0.255 e. The number of nitrogens with one attached hydrogen (secondary N) is 1. The number of phenols is 1. The van der Waals surface area contributed by atoms with Crippen LogP contribution in [-0.4, -0.2) is 53.7 Å². The van der Waals surface area contributed by atoms with Gasteiger partial charge in [0.15, 0.2) is 0 Å². The molecular formula is C37H42N2O4. The predicted molar refractivity (Wildman–Crippen MR) is 169 cm³/mol. The van der Waals surface area contributed by atoms with E-state index in [1.165, 1.54) is 12.8 Å². The van der Waals surface area contributed by atoms with Crippen LogP contribution in [0.4, 0.5) is 0 Å². The van der Waals surface area contributed by atoms with Crippen molar-refractivity contribution in [1.82, 2.24) is 10.2 Å². The number of hydrogen-bond acceptors (Lipinski definition) is 5. The number of Topliss-reactive ketones (excluding diaryl/α,β-unsaturated/α-hetero) is 1. The number of amides is 1. The lowest BCUT2D eigenvalue weighted by atomic mass is 9.55. The first-order valence-electron chi connectivity index (χ1n) is 15.8. The van der Waals surface area contributed by atoms with Gasteiger partial charge in [0.2, 0.25) is 0 Å². The summed E-state index contributed by atoms with van der Waals surface area (Å²) in [5, 5.41) is 14.7. The second-order valence-corrected chi connectivity index (χ2v) is 13.0. The number of aldehydes is 1. The Morgan fingerprint density at radius 1 is 1.02 bits per heavy atom. The lowest BCUT2D eigenvalue weighted by molar-refractivity contribution is -0.126. The molecule has 6 rings (SSSR count). The van der Waals surface area contributed by atoms with Crippen LogP contribution < -0.4 is 5.32 Å². The molecule has 0 spiro atoms. The number of fused-ring (bicyclic) bond motifs is 1. The van der Waals surface area contributed by atoms with Gasteiger partial charge in [0.05, 0.1) is 5.56 Å². The van der Waals surface area contributed by atoms with Crippen molar-refractivity contribution in [2.24, 2.45) is 11.8 Å². The fourth-order valence-electron chi connectivity index (χ4n) is 7.77. The number of rotatable bonds is 9. The van der Waals surface area contributed by atoms with Gasteiger partial charge in [-0.1, -0.05) is 54.6 Å². The average Bonchev–Trinajstić information content (AvgIpc) is 3.83. The van der Waals surface area contributed by atoms with E-state index in [0.717, 1.165) is 66.0 Å². The SMILES string of the molecule is Cc1ccc(C(=O)NCCc2ccc(-c3ccc(C=O)cc3)cc2)c(O)c1C12CCN(CC3CC3)C(C)C1CCC(=O)C2. The van der Waals surface area contributed by atoms with Gasteiger partial charge in [-0.05, 0) is 92.7 Å². The highest BCUT2D eigenvalue weighted by atomic mass is 16.3. The summed E-state index contributed by atoms with van der Waals surface area (Å²) >= 11 is 0. The fourth-order valence-corrected chi connectivity index (χ4v) is 7.77. The van der Waals surface area contributed by atoms with E-state index in [9.17, 15) is 19.5 Å². The fraction of sp³-hybridized carbons (Fsp3) is 0.432. The zero-order chi connectivity index (χ0) is 30.1. The van der Waals surface area contributed by atoms with Crippen molar-refractivity contribution >= 4 is 18.0 Å². The summed E-state index contributed by atoms with van der Waals surface area (Å²) < 4.78 is 0. The number of carbonyl (C=O) groups excluding carboxylic acids is 3. The van der Waals surface area contributed by atoms with Crippen LogP contribution >= 0.6 is 0 Å². The minimum Gasteiger partial charge on any atom is -0.507 e. The molecule has 6 heteroatoms. The van der Waals surface area contributed by atoms with Gasteiger partial charge >= 0.3 is 0 Å². The Bertz CT molecular complexity index is 1510. The molecule has 0 radical (unpaired) electrons. The summed E-state index contributed by atoms with van der Waals surface area (Å²) in [7, 11) is 0. The molecule has 3 aliphatic rings. The molecule has 1 amide bonds. The number of likely N-dealkylation sites (tertiary alicyclic amines) is 1. The summed E-state index contributed by atoms with van der Waals surface area (Å²) in [5.74, 6) is 1.09. The van der Waals surface area contributed by atoms with Crippen molar-refractivity contribution in [2.45, 2.75) is 70.3 Å². The standard InChI is InChI=1S/C37H42N2O4/c1-24-3-15-32(36(43)38-19-17-26-6-10-29(11-7-26)30-12-8-28(23-40)9-13-30)35(42)34(24)37-18-20-39(22-27-4-5-27)25(2)33(37)16-14-31(41)21-37/h3,6-13,15,23,25,27,33,42H,4-5,14,16-22H2,1-2H3,(H,38,43). The molecule has 3 aromatic carbocycles. The molecule has 3 aromatic rings. The first-order valence-corrected chi connectivity index (χ1v) is 15.8. The van der Waals surface area contributed by atoms with Crippen LogP contribution in [-0.2, 0) is 16.6 Å². The number of nitrogens with zero attached hydrogens (tertiary/aromatic N) is 1. The monoisotopic (exact) mass is 578 g/mol. The van der Waals surface area contributed by atoms with Gasteiger partial charge in [0.25, 0.3) is 5.91 Å². The Kier molecular flexibility index (Phi) is 8.23. The van der Waals surface area contributed by atoms with E-state index >= 15 is 0 Å². The third-order valence-electron chi connectivity index (χ3n) is 10.3. The zero-order valence-corrected chi connectivity index (χ0v) is 25.3. The van der Waals surface area contributed by atoms with Gasteiger partial charge < -0.3 is 15.3 Å². The van der Waals surface area contributed by atoms with E-state index < -0.39 is 5.41 Å². The van der Waals surface area contributed by atoms with Crippen molar-refractivity contribution in [2.75, 3.05) is 19.6 Å². The largest absolute Gasteiger partial charge is 0.507 e. The minimum absolute atomic E-state index is 0.0463. The van der Waals surface area contributed by atoms with Crippen molar-refractivity contribution in [3.8, 4) is 16.9 Å². The molecule has 1 aliphatic heterocycles. The molecule has 6 nitrogen and oxygen atoms in total. The highest BCUT2D eigenvalue weighted by Gasteiger charge is 2.53. The molecule has 0 aromatic heterocycles. The van der Waals surface area contributed by atoms with Crippen LogP contribution in [0.3, 0.4) is 0 Å². The normalized spacial score (nSPS) is 23.9. The van der Waals surface area contributed by atoms with E-state index in [1.807, 2.05) is 61.5 Å². The van der Waals surface area contributed by atoms with Crippen LogP contribution in [0.25, 0.3) is 11.1 Å². The summed E-state index contributed by atoms with van der Waals surface area (Å²) in [6, 6.07) is 19.7. The third kappa shape index (κ3) is 5.90. The number of piperidine rings is 1. The second kappa shape index (κ2) is 12.1. The number of aryl methyl sites for hydroxylation is 1. The van der Waals surface area contributed by atoms with E-state index in [-0.39, 0.29) is 28.9 Å². The van der Waals surface area contributed by atoms with Crippen molar-refractivity contribution < 1.29 is 19.5 Å².